The van der Waals surface area contributed by atoms with Gasteiger partial charge in [-0.15, -0.1) is 0 Å². The molecule has 1 aliphatic heterocycles. The maximum Gasteiger partial charge on any atom is 0.164 e. The average Bonchev–Trinajstić information content (AvgIpc) is 2.28. The maximum atomic E-state index is 13.7. The van der Waals surface area contributed by atoms with Crippen LogP contribution in [0.4, 0.5) is 4.39 Å². The predicted octanol–water partition coefficient (Wildman–Crippen LogP) is 1.56. The highest BCUT2D eigenvalue weighted by atomic mass is 19.1. The molecule has 0 saturated carbocycles. The molecule has 0 amide bonds. The fourth-order valence-electron chi connectivity index (χ4n) is 2.31. The molecule has 0 spiro atoms. The van der Waals surface area contributed by atoms with Gasteiger partial charge in [0.2, 0.25) is 0 Å². The first-order valence-corrected chi connectivity index (χ1v) is 5.48. The molecule has 2 rings (SSSR count). The zero-order valence-corrected chi connectivity index (χ0v) is 9.56. The third-order valence-electron chi connectivity index (χ3n) is 3.13. The molecule has 88 valence electrons. The lowest BCUT2D eigenvalue weighted by Crippen LogP contribution is -2.43. The first-order chi connectivity index (χ1) is 8.13. The van der Waals surface area contributed by atoms with Gasteiger partial charge in [-0.25, -0.2) is 4.39 Å². The van der Waals surface area contributed by atoms with Crippen LogP contribution in [-0.2, 0) is 4.79 Å². The van der Waals surface area contributed by atoms with E-state index in [9.17, 15) is 9.18 Å². The summed E-state index contributed by atoms with van der Waals surface area (Å²) < 4.78 is 13.7. The van der Waals surface area contributed by atoms with Gasteiger partial charge in [0.1, 0.15) is 11.7 Å². The molecule has 2 atom stereocenters. The molecule has 1 saturated heterocycles. The smallest absolute Gasteiger partial charge is 0.164 e. The van der Waals surface area contributed by atoms with Gasteiger partial charge in [0.15, 0.2) is 5.78 Å². The Morgan fingerprint density at radius 2 is 2.18 bits per heavy atom. The quantitative estimate of drug-likeness (QED) is 0.738. The van der Waals surface area contributed by atoms with E-state index in [1.54, 1.807) is 25.2 Å². The molecule has 0 N–H and O–H groups in total. The Morgan fingerprint density at radius 3 is 2.82 bits per heavy atom. The summed E-state index contributed by atoms with van der Waals surface area (Å²) >= 11 is 0. The Hall–Kier alpha value is -1.73. The standard InChI is InChI=1S/C13H13FN2O/c1-16-7-11(10(6-15)13(17)8-16)9-4-2-3-5-12(9)14/h2-5,10-11H,7-8H2,1H3. The van der Waals surface area contributed by atoms with Gasteiger partial charge >= 0.3 is 0 Å². The molecule has 0 aliphatic carbocycles. The first-order valence-electron chi connectivity index (χ1n) is 5.48. The van der Waals surface area contributed by atoms with Gasteiger partial charge in [0.25, 0.3) is 0 Å². The van der Waals surface area contributed by atoms with E-state index in [0.717, 1.165) is 0 Å². The molecule has 3 nitrogen and oxygen atoms in total. The minimum Gasteiger partial charge on any atom is -0.298 e. The van der Waals surface area contributed by atoms with Crippen molar-refractivity contribution in [3.8, 4) is 6.07 Å². The number of likely N-dealkylation sites (N-methyl/N-ethyl adjacent to an activating group) is 1. The minimum atomic E-state index is -0.733. The number of ketones is 1. The van der Waals surface area contributed by atoms with E-state index in [-0.39, 0.29) is 24.1 Å². The van der Waals surface area contributed by atoms with Crippen LogP contribution in [0.15, 0.2) is 24.3 Å². The molecule has 1 fully saturated rings. The Labute approximate surface area is 99.5 Å². The molecule has 1 heterocycles. The SMILES string of the molecule is CN1CC(=O)C(C#N)C(c2ccccc2F)C1. The number of piperidine rings is 1. The Morgan fingerprint density at radius 1 is 1.47 bits per heavy atom. The lowest BCUT2D eigenvalue weighted by molar-refractivity contribution is -0.125. The highest BCUT2D eigenvalue weighted by Gasteiger charge is 2.36. The van der Waals surface area contributed by atoms with Crippen LogP contribution < -0.4 is 0 Å². The summed E-state index contributed by atoms with van der Waals surface area (Å²) in [6.45, 7) is 0.800. The van der Waals surface area contributed by atoms with E-state index in [1.165, 1.54) is 6.07 Å². The minimum absolute atomic E-state index is 0.130. The van der Waals surface area contributed by atoms with Crippen molar-refractivity contribution >= 4 is 5.78 Å². The van der Waals surface area contributed by atoms with Crippen molar-refractivity contribution in [3.63, 3.8) is 0 Å². The molecule has 17 heavy (non-hydrogen) atoms. The summed E-state index contributed by atoms with van der Waals surface area (Å²) in [5, 5.41) is 9.06. The number of nitriles is 1. The summed E-state index contributed by atoms with van der Waals surface area (Å²) in [5.74, 6) is -1.58. The highest BCUT2D eigenvalue weighted by molar-refractivity contribution is 5.87. The fraction of sp³-hybridized carbons (Fsp3) is 0.385. The summed E-state index contributed by atoms with van der Waals surface area (Å²) in [4.78, 5) is 13.6. The van der Waals surface area contributed by atoms with Gasteiger partial charge in [-0.2, -0.15) is 5.26 Å². The largest absolute Gasteiger partial charge is 0.298 e. The van der Waals surface area contributed by atoms with Gasteiger partial charge in [-0.3, -0.25) is 9.69 Å². The summed E-state index contributed by atoms with van der Waals surface area (Å²) in [5.41, 5.74) is 0.457. The molecule has 2 unspecified atom stereocenters. The van der Waals surface area contributed by atoms with Gasteiger partial charge in [0, 0.05) is 12.5 Å². The van der Waals surface area contributed by atoms with E-state index in [2.05, 4.69) is 0 Å². The Kier molecular flexibility index (Phi) is 3.21. The van der Waals surface area contributed by atoms with Crippen molar-refractivity contribution in [1.82, 2.24) is 4.90 Å². The zero-order valence-electron chi connectivity index (χ0n) is 9.56. The van der Waals surface area contributed by atoms with Crippen molar-refractivity contribution in [2.75, 3.05) is 20.1 Å². The highest BCUT2D eigenvalue weighted by Crippen LogP contribution is 2.31. The number of carbonyl (C=O) groups excluding carboxylic acids is 1. The molecule has 1 aromatic carbocycles. The van der Waals surface area contributed by atoms with E-state index in [4.69, 9.17) is 5.26 Å². The molecule has 4 heteroatoms. The topological polar surface area (TPSA) is 44.1 Å². The number of halogens is 1. The predicted molar refractivity (Wildman–Crippen MR) is 60.7 cm³/mol. The first kappa shape index (κ1) is 11.7. The second-order valence-electron chi connectivity index (χ2n) is 4.40. The number of likely N-dealkylation sites (tertiary alicyclic amines) is 1. The fourth-order valence-corrected chi connectivity index (χ4v) is 2.31. The van der Waals surface area contributed by atoms with Crippen LogP contribution in [0.25, 0.3) is 0 Å². The van der Waals surface area contributed by atoms with Crippen LogP contribution in [-0.4, -0.2) is 30.8 Å². The Bertz CT molecular complexity index is 481. The molecule has 1 aliphatic rings. The molecule has 1 aromatic rings. The molecular formula is C13H13FN2O. The van der Waals surface area contributed by atoms with Gasteiger partial charge in [-0.05, 0) is 18.7 Å². The van der Waals surface area contributed by atoms with Crippen molar-refractivity contribution < 1.29 is 9.18 Å². The van der Waals surface area contributed by atoms with Crippen molar-refractivity contribution in [2.45, 2.75) is 5.92 Å². The lowest BCUT2D eigenvalue weighted by Gasteiger charge is -2.32. The number of hydrogen-bond donors (Lipinski definition) is 0. The van der Waals surface area contributed by atoms with Gasteiger partial charge < -0.3 is 0 Å². The lowest BCUT2D eigenvalue weighted by atomic mass is 9.81. The van der Waals surface area contributed by atoms with Gasteiger partial charge in [0.05, 0.1) is 12.6 Å². The van der Waals surface area contributed by atoms with E-state index >= 15 is 0 Å². The van der Waals surface area contributed by atoms with Crippen LogP contribution >= 0.6 is 0 Å². The molecule has 0 bridgehead atoms. The van der Waals surface area contributed by atoms with Gasteiger partial charge in [-0.1, -0.05) is 18.2 Å². The molecule has 0 aromatic heterocycles. The summed E-state index contributed by atoms with van der Waals surface area (Å²) in [7, 11) is 1.80. The second-order valence-corrected chi connectivity index (χ2v) is 4.40. The van der Waals surface area contributed by atoms with E-state index in [1.807, 2.05) is 11.0 Å². The number of rotatable bonds is 1. The monoisotopic (exact) mass is 232 g/mol. The molecule has 0 radical (unpaired) electrons. The van der Waals surface area contributed by atoms with Crippen LogP contribution in [0.2, 0.25) is 0 Å². The van der Waals surface area contributed by atoms with E-state index in [0.29, 0.717) is 12.1 Å². The normalized spacial score (nSPS) is 25.6. The second kappa shape index (κ2) is 4.64. The molecular weight excluding hydrogens is 219 g/mol. The summed E-state index contributed by atoms with van der Waals surface area (Å²) in [6, 6.07) is 8.35. The van der Waals surface area contributed by atoms with Crippen LogP contribution in [0.1, 0.15) is 11.5 Å². The van der Waals surface area contributed by atoms with E-state index < -0.39 is 5.92 Å². The van der Waals surface area contributed by atoms with Crippen LogP contribution in [0.3, 0.4) is 0 Å². The number of Topliss-reactive ketones (excluding diaryl/α,β-unsaturated/α-hetero) is 1. The van der Waals surface area contributed by atoms with Crippen LogP contribution in [0, 0.1) is 23.1 Å². The van der Waals surface area contributed by atoms with Crippen molar-refractivity contribution in [1.29, 1.82) is 5.26 Å². The number of benzene rings is 1. The third kappa shape index (κ3) is 2.20. The maximum absolute atomic E-state index is 13.7. The third-order valence-corrected chi connectivity index (χ3v) is 3.13. The summed E-state index contributed by atoms with van der Waals surface area (Å²) in [6.07, 6.45) is 0. The van der Waals surface area contributed by atoms with Crippen LogP contribution in [0.5, 0.6) is 0 Å². The average molecular weight is 232 g/mol. The van der Waals surface area contributed by atoms with Crippen molar-refractivity contribution in [2.24, 2.45) is 5.92 Å². The number of carbonyl (C=O) groups is 1. The number of nitrogens with zero attached hydrogens (tertiary/aromatic N) is 2. The zero-order chi connectivity index (χ0) is 12.4. The Balaban J connectivity index is 2.39. The van der Waals surface area contributed by atoms with Crippen molar-refractivity contribution in [3.05, 3.63) is 35.6 Å². The number of hydrogen-bond acceptors (Lipinski definition) is 3.